The van der Waals surface area contributed by atoms with E-state index in [4.69, 9.17) is 5.11 Å². The molecule has 0 fully saturated rings. The lowest BCUT2D eigenvalue weighted by Crippen LogP contribution is -2.10. The molecule has 0 aliphatic heterocycles. The first-order valence-electron chi connectivity index (χ1n) is 4.29. The van der Waals surface area contributed by atoms with Crippen LogP contribution < -0.4 is 0 Å². The SMILES string of the molecule is CN(C)C/C=C/c1ccc(O)cc1. The molecular weight excluding hydrogens is 162 g/mol. The summed E-state index contributed by atoms with van der Waals surface area (Å²) in [6.45, 7) is 0.931. The molecule has 0 atom stereocenters. The highest BCUT2D eigenvalue weighted by molar-refractivity contribution is 5.50. The van der Waals surface area contributed by atoms with Gasteiger partial charge in [-0.3, -0.25) is 0 Å². The average molecular weight is 177 g/mol. The Morgan fingerprint density at radius 3 is 2.38 bits per heavy atom. The molecule has 0 aliphatic rings. The van der Waals surface area contributed by atoms with Crippen LogP contribution in [0.4, 0.5) is 0 Å². The molecule has 1 aromatic carbocycles. The van der Waals surface area contributed by atoms with Crippen molar-refractivity contribution in [1.29, 1.82) is 0 Å². The van der Waals surface area contributed by atoms with E-state index in [-0.39, 0.29) is 0 Å². The summed E-state index contributed by atoms with van der Waals surface area (Å²) in [5.41, 5.74) is 1.11. The molecule has 0 saturated carbocycles. The smallest absolute Gasteiger partial charge is 0.115 e. The van der Waals surface area contributed by atoms with Gasteiger partial charge in [-0.1, -0.05) is 24.3 Å². The minimum absolute atomic E-state index is 0.310. The number of hydrogen-bond donors (Lipinski definition) is 1. The first-order chi connectivity index (χ1) is 6.18. The molecule has 0 saturated heterocycles. The zero-order chi connectivity index (χ0) is 9.68. The lowest BCUT2D eigenvalue weighted by molar-refractivity contribution is 0.457. The van der Waals surface area contributed by atoms with Crippen molar-refractivity contribution in [2.75, 3.05) is 20.6 Å². The van der Waals surface area contributed by atoms with Crippen molar-refractivity contribution in [3.8, 4) is 5.75 Å². The van der Waals surface area contributed by atoms with Crippen molar-refractivity contribution in [3.05, 3.63) is 35.9 Å². The molecule has 0 bridgehead atoms. The third kappa shape index (κ3) is 3.76. The Kier molecular flexibility index (Phi) is 3.53. The third-order valence-electron chi connectivity index (χ3n) is 1.67. The molecule has 0 radical (unpaired) electrons. The maximum absolute atomic E-state index is 9.04. The number of aromatic hydroxyl groups is 1. The van der Waals surface area contributed by atoms with Crippen molar-refractivity contribution >= 4 is 6.08 Å². The molecule has 1 rings (SSSR count). The molecule has 0 unspecified atom stereocenters. The van der Waals surface area contributed by atoms with E-state index in [1.807, 2.05) is 32.3 Å². The summed E-state index contributed by atoms with van der Waals surface area (Å²) in [5.74, 6) is 0.310. The number of likely N-dealkylation sites (N-methyl/N-ethyl adjacent to an activating group) is 1. The van der Waals surface area contributed by atoms with E-state index in [1.54, 1.807) is 12.1 Å². The second kappa shape index (κ2) is 4.67. The highest BCUT2D eigenvalue weighted by Crippen LogP contribution is 2.10. The molecule has 70 valence electrons. The minimum atomic E-state index is 0.310. The van der Waals surface area contributed by atoms with Crippen LogP contribution in [0, 0.1) is 0 Å². The van der Waals surface area contributed by atoms with Crippen LogP contribution >= 0.6 is 0 Å². The van der Waals surface area contributed by atoms with Crippen LogP contribution in [0.25, 0.3) is 6.08 Å². The number of phenols is 1. The monoisotopic (exact) mass is 177 g/mol. The minimum Gasteiger partial charge on any atom is -0.508 e. The second-order valence-corrected chi connectivity index (χ2v) is 3.26. The number of phenolic OH excluding ortho intramolecular Hbond substituents is 1. The van der Waals surface area contributed by atoms with Crippen molar-refractivity contribution in [3.63, 3.8) is 0 Å². The van der Waals surface area contributed by atoms with Gasteiger partial charge in [-0.25, -0.2) is 0 Å². The van der Waals surface area contributed by atoms with Gasteiger partial charge in [0.05, 0.1) is 0 Å². The van der Waals surface area contributed by atoms with E-state index in [0.29, 0.717) is 5.75 Å². The molecule has 0 amide bonds. The van der Waals surface area contributed by atoms with Crippen molar-refractivity contribution < 1.29 is 5.11 Å². The van der Waals surface area contributed by atoms with Gasteiger partial charge < -0.3 is 10.0 Å². The quantitative estimate of drug-likeness (QED) is 0.763. The predicted octanol–water partition coefficient (Wildman–Crippen LogP) is 1.97. The van der Waals surface area contributed by atoms with Gasteiger partial charge in [0.2, 0.25) is 0 Å². The first kappa shape index (κ1) is 9.81. The molecule has 1 aromatic rings. The van der Waals surface area contributed by atoms with Crippen LogP contribution in [0.3, 0.4) is 0 Å². The Balaban J connectivity index is 2.54. The van der Waals surface area contributed by atoms with Gasteiger partial charge >= 0.3 is 0 Å². The van der Waals surface area contributed by atoms with Crippen LogP contribution in [0.1, 0.15) is 5.56 Å². The standard InChI is InChI=1S/C11H15NO/c1-12(2)9-3-4-10-5-7-11(13)8-6-10/h3-8,13H,9H2,1-2H3/b4-3+. The summed E-state index contributed by atoms with van der Waals surface area (Å²) in [6, 6.07) is 7.16. The van der Waals surface area contributed by atoms with E-state index >= 15 is 0 Å². The maximum atomic E-state index is 9.04. The Labute approximate surface area is 79.1 Å². The molecule has 2 heteroatoms. The molecule has 13 heavy (non-hydrogen) atoms. The predicted molar refractivity (Wildman–Crippen MR) is 55.7 cm³/mol. The van der Waals surface area contributed by atoms with Crippen LogP contribution in [0.5, 0.6) is 5.75 Å². The van der Waals surface area contributed by atoms with E-state index < -0.39 is 0 Å². The fourth-order valence-corrected chi connectivity index (χ4v) is 0.985. The van der Waals surface area contributed by atoms with Crippen LogP contribution in [0.15, 0.2) is 30.3 Å². The molecule has 0 heterocycles. The van der Waals surface area contributed by atoms with Gasteiger partial charge in [-0.05, 0) is 31.8 Å². The van der Waals surface area contributed by atoms with Crippen molar-refractivity contribution in [1.82, 2.24) is 4.90 Å². The van der Waals surface area contributed by atoms with Gasteiger partial charge in [0.15, 0.2) is 0 Å². The number of hydrogen-bond acceptors (Lipinski definition) is 2. The van der Waals surface area contributed by atoms with Gasteiger partial charge in [-0.15, -0.1) is 0 Å². The van der Waals surface area contributed by atoms with Crippen molar-refractivity contribution in [2.24, 2.45) is 0 Å². The molecule has 0 aromatic heterocycles. The Morgan fingerprint density at radius 1 is 1.23 bits per heavy atom. The number of benzene rings is 1. The fraction of sp³-hybridized carbons (Fsp3) is 0.273. The summed E-state index contributed by atoms with van der Waals surface area (Å²) in [7, 11) is 4.06. The normalized spacial score (nSPS) is 11.3. The fourth-order valence-electron chi connectivity index (χ4n) is 0.985. The average Bonchev–Trinajstić information content (AvgIpc) is 2.08. The zero-order valence-corrected chi connectivity index (χ0v) is 8.07. The van der Waals surface area contributed by atoms with Crippen molar-refractivity contribution in [2.45, 2.75) is 0 Å². The summed E-state index contributed by atoms with van der Waals surface area (Å²) in [5, 5.41) is 9.04. The lowest BCUT2D eigenvalue weighted by Gasteiger charge is -2.03. The third-order valence-corrected chi connectivity index (χ3v) is 1.67. The maximum Gasteiger partial charge on any atom is 0.115 e. The molecule has 1 N–H and O–H groups in total. The van der Waals surface area contributed by atoms with Gasteiger partial charge in [-0.2, -0.15) is 0 Å². The van der Waals surface area contributed by atoms with Crippen LogP contribution in [0.2, 0.25) is 0 Å². The van der Waals surface area contributed by atoms with E-state index in [2.05, 4.69) is 11.0 Å². The zero-order valence-electron chi connectivity index (χ0n) is 8.07. The summed E-state index contributed by atoms with van der Waals surface area (Å²) >= 11 is 0. The van der Waals surface area contributed by atoms with E-state index in [9.17, 15) is 0 Å². The second-order valence-electron chi connectivity index (χ2n) is 3.26. The Bertz CT molecular complexity index is 275. The number of nitrogens with zero attached hydrogens (tertiary/aromatic N) is 1. The van der Waals surface area contributed by atoms with Gasteiger partial charge in [0.1, 0.15) is 5.75 Å². The lowest BCUT2D eigenvalue weighted by atomic mass is 10.2. The molecular formula is C11H15NO. The summed E-state index contributed by atoms with van der Waals surface area (Å²) < 4.78 is 0. The Morgan fingerprint density at radius 2 is 1.85 bits per heavy atom. The number of rotatable bonds is 3. The van der Waals surface area contributed by atoms with Gasteiger partial charge in [0.25, 0.3) is 0 Å². The first-order valence-corrected chi connectivity index (χ1v) is 4.29. The van der Waals surface area contributed by atoms with E-state index in [0.717, 1.165) is 12.1 Å². The van der Waals surface area contributed by atoms with Gasteiger partial charge in [0, 0.05) is 6.54 Å². The highest BCUT2D eigenvalue weighted by atomic mass is 16.3. The molecule has 0 aliphatic carbocycles. The van der Waals surface area contributed by atoms with Crippen LogP contribution in [-0.2, 0) is 0 Å². The summed E-state index contributed by atoms with van der Waals surface area (Å²) in [4.78, 5) is 2.09. The largest absolute Gasteiger partial charge is 0.508 e. The Hall–Kier alpha value is -1.28. The summed E-state index contributed by atoms with van der Waals surface area (Å²) in [6.07, 6.45) is 4.13. The molecule has 0 spiro atoms. The highest BCUT2D eigenvalue weighted by Gasteiger charge is 1.87. The van der Waals surface area contributed by atoms with Crippen LogP contribution in [-0.4, -0.2) is 30.6 Å². The molecule has 2 nitrogen and oxygen atoms in total. The van der Waals surface area contributed by atoms with E-state index in [1.165, 1.54) is 0 Å². The topological polar surface area (TPSA) is 23.5 Å².